The van der Waals surface area contributed by atoms with Crippen molar-refractivity contribution in [1.82, 2.24) is 19.4 Å². The third-order valence-electron chi connectivity index (χ3n) is 4.28. The van der Waals surface area contributed by atoms with Crippen molar-refractivity contribution in [3.05, 3.63) is 53.1 Å². The van der Waals surface area contributed by atoms with E-state index in [4.69, 9.17) is 4.74 Å². The highest BCUT2D eigenvalue weighted by atomic mass is 32.1. The van der Waals surface area contributed by atoms with Crippen molar-refractivity contribution in [3.8, 4) is 0 Å². The highest BCUT2D eigenvalue weighted by Gasteiger charge is 2.20. The Morgan fingerprint density at radius 2 is 2.22 bits per heavy atom. The maximum absolute atomic E-state index is 12.1. The molecule has 0 amide bonds. The fourth-order valence-electron chi connectivity index (χ4n) is 3.01. The maximum atomic E-state index is 12.1. The number of fused-ring (bicyclic) bond motifs is 2. The van der Waals surface area contributed by atoms with Crippen LogP contribution in [0.3, 0.4) is 0 Å². The van der Waals surface area contributed by atoms with Crippen LogP contribution in [0.5, 0.6) is 0 Å². The maximum Gasteiger partial charge on any atom is 0.348 e. The number of hydrogen-bond acceptors (Lipinski definition) is 7. The van der Waals surface area contributed by atoms with Crippen molar-refractivity contribution in [1.29, 1.82) is 0 Å². The highest BCUT2D eigenvalue weighted by Crippen LogP contribution is 2.33. The minimum Gasteiger partial charge on any atom is -0.462 e. The summed E-state index contributed by atoms with van der Waals surface area (Å²) < 4.78 is 7.15. The number of nitrogens with one attached hydrogen (secondary N) is 1. The lowest BCUT2D eigenvalue weighted by Gasteiger charge is -2.06. The number of aromatic nitrogens is 4. The second-order valence-corrected chi connectivity index (χ2v) is 7.05. The molecule has 0 spiro atoms. The van der Waals surface area contributed by atoms with Gasteiger partial charge in [0.15, 0.2) is 0 Å². The van der Waals surface area contributed by atoms with Crippen LogP contribution in [0.25, 0.3) is 15.9 Å². The lowest BCUT2D eigenvalue weighted by molar-refractivity contribution is 0.0531. The second-order valence-electron chi connectivity index (χ2n) is 6.05. The smallest absolute Gasteiger partial charge is 0.348 e. The summed E-state index contributed by atoms with van der Waals surface area (Å²) in [6.45, 7) is 4.73. The van der Waals surface area contributed by atoms with Gasteiger partial charge in [-0.15, -0.1) is 11.3 Å². The molecule has 0 bridgehead atoms. The normalized spacial score (nSPS) is 11.2. The zero-order valence-electron chi connectivity index (χ0n) is 15.1. The topological polar surface area (TPSA) is 81.4 Å². The van der Waals surface area contributed by atoms with Crippen molar-refractivity contribution in [2.75, 3.05) is 18.5 Å². The van der Waals surface area contributed by atoms with Crippen molar-refractivity contribution in [2.24, 2.45) is 0 Å². The zero-order valence-corrected chi connectivity index (χ0v) is 15.9. The predicted octanol–water partition coefficient (Wildman–Crippen LogP) is 3.48. The van der Waals surface area contributed by atoms with Gasteiger partial charge in [0.05, 0.1) is 17.7 Å². The predicted molar refractivity (Wildman–Crippen MR) is 105 cm³/mol. The molecule has 0 fully saturated rings. The fourth-order valence-corrected chi connectivity index (χ4v) is 4.06. The summed E-state index contributed by atoms with van der Waals surface area (Å²) in [7, 11) is 0. The third-order valence-corrected chi connectivity index (χ3v) is 5.45. The molecule has 4 heterocycles. The molecule has 1 N–H and O–H groups in total. The number of pyridine rings is 1. The number of aryl methyl sites for hydroxylation is 1. The average Bonchev–Trinajstić information content (AvgIpc) is 3.23. The van der Waals surface area contributed by atoms with E-state index in [2.05, 4.69) is 20.3 Å². The van der Waals surface area contributed by atoms with Gasteiger partial charge in [0.25, 0.3) is 0 Å². The number of carbonyl (C=O) groups excluding carboxylic acids is 1. The lowest BCUT2D eigenvalue weighted by atomic mass is 10.2. The van der Waals surface area contributed by atoms with Gasteiger partial charge in [-0.2, -0.15) is 0 Å². The van der Waals surface area contributed by atoms with E-state index < -0.39 is 0 Å². The molecule has 0 unspecified atom stereocenters. The summed E-state index contributed by atoms with van der Waals surface area (Å²) in [5, 5.41) is 4.24. The highest BCUT2D eigenvalue weighted by molar-refractivity contribution is 7.20. The number of anilines is 1. The summed E-state index contributed by atoms with van der Waals surface area (Å²) in [6, 6.07) is 5.94. The number of esters is 1. The molecule has 0 saturated carbocycles. The van der Waals surface area contributed by atoms with Crippen LogP contribution in [0.1, 0.15) is 27.9 Å². The Kier molecular flexibility index (Phi) is 4.72. The first-order chi connectivity index (χ1) is 13.2. The second kappa shape index (κ2) is 7.32. The third kappa shape index (κ3) is 3.35. The molecule has 0 atom stereocenters. The fraction of sp³-hybridized carbons (Fsp3) is 0.263. The molecule has 0 aliphatic carbocycles. The van der Waals surface area contributed by atoms with Crippen molar-refractivity contribution in [2.45, 2.75) is 20.3 Å². The Bertz CT molecular complexity index is 1080. The van der Waals surface area contributed by atoms with E-state index in [9.17, 15) is 4.79 Å². The quantitative estimate of drug-likeness (QED) is 0.515. The summed E-state index contributed by atoms with van der Waals surface area (Å²) in [6.07, 6.45) is 6.29. The molecule has 0 aromatic carbocycles. The van der Waals surface area contributed by atoms with E-state index in [1.165, 1.54) is 17.7 Å². The summed E-state index contributed by atoms with van der Waals surface area (Å²) >= 11 is 1.34. The minimum absolute atomic E-state index is 0.311. The molecular weight excluding hydrogens is 362 g/mol. The van der Waals surface area contributed by atoms with Gasteiger partial charge in [0.1, 0.15) is 27.5 Å². The minimum atomic E-state index is -0.311. The molecule has 4 aromatic rings. The molecule has 0 saturated heterocycles. The largest absolute Gasteiger partial charge is 0.462 e. The van der Waals surface area contributed by atoms with Crippen LogP contribution in [-0.2, 0) is 11.2 Å². The number of imidazole rings is 1. The molecule has 0 radical (unpaired) electrons. The lowest BCUT2D eigenvalue weighted by Crippen LogP contribution is -2.07. The van der Waals surface area contributed by atoms with Gasteiger partial charge in [0, 0.05) is 25.4 Å². The molecule has 27 heavy (non-hydrogen) atoms. The van der Waals surface area contributed by atoms with Crippen LogP contribution in [0.15, 0.2) is 36.9 Å². The molecule has 4 rings (SSSR count). The number of thiophene rings is 1. The van der Waals surface area contributed by atoms with Gasteiger partial charge in [0.2, 0.25) is 0 Å². The van der Waals surface area contributed by atoms with Crippen LogP contribution in [0.2, 0.25) is 0 Å². The van der Waals surface area contributed by atoms with E-state index in [0.29, 0.717) is 18.0 Å². The number of carbonyl (C=O) groups is 1. The summed E-state index contributed by atoms with van der Waals surface area (Å²) in [5.41, 5.74) is 2.79. The van der Waals surface area contributed by atoms with E-state index in [-0.39, 0.29) is 5.97 Å². The Morgan fingerprint density at radius 1 is 1.33 bits per heavy atom. The summed E-state index contributed by atoms with van der Waals surface area (Å²) in [4.78, 5) is 26.8. The zero-order chi connectivity index (χ0) is 18.8. The monoisotopic (exact) mass is 381 g/mol. The van der Waals surface area contributed by atoms with E-state index in [0.717, 1.165) is 39.4 Å². The van der Waals surface area contributed by atoms with Crippen LogP contribution in [0, 0.1) is 6.92 Å². The van der Waals surface area contributed by atoms with Crippen LogP contribution >= 0.6 is 11.3 Å². The van der Waals surface area contributed by atoms with E-state index in [1.807, 2.05) is 41.9 Å². The van der Waals surface area contributed by atoms with Crippen molar-refractivity contribution in [3.63, 3.8) is 0 Å². The first-order valence-electron chi connectivity index (χ1n) is 8.75. The number of hydrogen-bond donors (Lipinski definition) is 1. The Hall–Kier alpha value is -3.00. The first kappa shape index (κ1) is 17.4. The molecule has 4 aromatic heterocycles. The standard InChI is InChI=1S/C19H19N5O2S/c1-3-26-19(25)16-12(2)15-17(21-11-22-18(15)27-16)20-8-7-13-10-24-9-5-4-6-14(24)23-13/h4-6,9-11H,3,7-8H2,1-2H3,(H,20,21,22). The van der Waals surface area contributed by atoms with Gasteiger partial charge in [-0.3, -0.25) is 0 Å². The van der Waals surface area contributed by atoms with Gasteiger partial charge in [-0.1, -0.05) is 6.07 Å². The Morgan fingerprint density at radius 3 is 3.04 bits per heavy atom. The Balaban J connectivity index is 1.54. The molecule has 7 nitrogen and oxygen atoms in total. The number of rotatable bonds is 6. The van der Waals surface area contributed by atoms with Crippen molar-refractivity contribution >= 4 is 39.0 Å². The van der Waals surface area contributed by atoms with E-state index in [1.54, 1.807) is 6.92 Å². The summed E-state index contributed by atoms with van der Waals surface area (Å²) in [5.74, 6) is 0.418. The Labute approximate surface area is 160 Å². The van der Waals surface area contributed by atoms with E-state index >= 15 is 0 Å². The van der Waals surface area contributed by atoms with Gasteiger partial charge in [-0.25, -0.2) is 19.7 Å². The van der Waals surface area contributed by atoms with Crippen LogP contribution in [0.4, 0.5) is 5.82 Å². The van der Waals surface area contributed by atoms with Gasteiger partial charge in [-0.05, 0) is 31.5 Å². The molecule has 138 valence electrons. The average molecular weight is 381 g/mol. The van der Waals surface area contributed by atoms with Crippen LogP contribution < -0.4 is 5.32 Å². The molecule has 8 heteroatoms. The molecular formula is C19H19N5O2S. The first-order valence-corrected chi connectivity index (χ1v) is 9.56. The molecule has 0 aliphatic heterocycles. The van der Waals surface area contributed by atoms with Gasteiger partial charge >= 0.3 is 5.97 Å². The van der Waals surface area contributed by atoms with Gasteiger partial charge < -0.3 is 14.5 Å². The number of nitrogens with zero attached hydrogens (tertiary/aromatic N) is 4. The van der Waals surface area contributed by atoms with Crippen LogP contribution in [-0.4, -0.2) is 38.5 Å². The molecule has 0 aliphatic rings. The SMILES string of the molecule is CCOC(=O)c1sc2ncnc(NCCc3cn4ccccc4n3)c2c1C. The van der Waals surface area contributed by atoms with Crippen molar-refractivity contribution < 1.29 is 9.53 Å². The number of ether oxygens (including phenoxy) is 1.